The van der Waals surface area contributed by atoms with E-state index in [9.17, 15) is 0 Å². The molecule has 16 heavy (non-hydrogen) atoms. The number of aliphatic hydroxyl groups is 3. The van der Waals surface area contributed by atoms with E-state index in [1.807, 2.05) is 41.0 Å². The molecule has 102 valence electrons. The summed E-state index contributed by atoms with van der Waals surface area (Å²) in [5.41, 5.74) is 0. The minimum Gasteiger partial charge on any atom is -0.396 e. The van der Waals surface area contributed by atoms with E-state index in [1.165, 1.54) is 0 Å². The van der Waals surface area contributed by atoms with E-state index in [1.54, 1.807) is 0 Å². The molecule has 3 N–H and O–H groups in total. The topological polar surface area (TPSA) is 60.7 Å². The first kappa shape index (κ1) is 30.0. The largest absolute Gasteiger partial charge is 0.396 e. The molecule has 0 spiro atoms. The fourth-order valence-corrected chi connectivity index (χ4v) is 0. The molecule has 0 aliphatic carbocycles. The van der Waals surface area contributed by atoms with Gasteiger partial charge >= 0.3 is 0 Å². The van der Waals surface area contributed by atoms with Crippen molar-refractivity contribution in [1.82, 2.24) is 0 Å². The Morgan fingerprint density at radius 3 is 0.750 bits per heavy atom. The van der Waals surface area contributed by atoms with Crippen LogP contribution in [0.2, 0.25) is 0 Å². The van der Waals surface area contributed by atoms with Crippen molar-refractivity contribution in [2.24, 2.45) is 0 Å². The minimum absolute atomic E-state index is 0. The summed E-state index contributed by atoms with van der Waals surface area (Å²) in [6.07, 6.45) is 4.62. The second-order valence-corrected chi connectivity index (χ2v) is 2.75. The van der Waals surface area contributed by atoms with Gasteiger partial charge in [-0.05, 0) is 19.3 Å². The zero-order valence-corrected chi connectivity index (χ0v) is 13.2. The van der Waals surface area contributed by atoms with Gasteiger partial charge in [0.1, 0.15) is 0 Å². The Morgan fingerprint density at radius 1 is 0.688 bits per heavy atom. The van der Waals surface area contributed by atoms with E-state index in [0.29, 0.717) is 19.8 Å². The molecule has 0 saturated heterocycles. The van der Waals surface area contributed by atoms with Crippen molar-refractivity contribution in [3.63, 3.8) is 0 Å². The van der Waals surface area contributed by atoms with Crippen molar-refractivity contribution in [3.8, 4) is 0 Å². The fourth-order valence-electron chi connectivity index (χ4n) is 0. The third-order valence-electron chi connectivity index (χ3n) is 0.671. The Kier molecular flexibility index (Phi) is 108. The third-order valence-corrected chi connectivity index (χ3v) is 0.671. The standard InChI is InChI=1S/3C3H8O.C3H7.Ti/c3*1-2-3-4;1-3-2;/h3*4H,2-3H2,1H3;3H,1-2H3;/q;;;-1;. The smallest absolute Gasteiger partial charge is 0.0428 e. The third kappa shape index (κ3) is 209. The van der Waals surface area contributed by atoms with Crippen LogP contribution in [0.25, 0.3) is 0 Å². The van der Waals surface area contributed by atoms with Gasteiger partial charge in [-0.25, -0.2) is 0 Å². The maximum absolute atomic E-state index is 7.88. The first-order chi connectivity index (χ1) is 7.16. The number of aliphatic hydroxyl groups excluding tert-OH is 3. The maximum atomic E-state index is 7.88. The second-order valence-electron chi connectivity index (χ2n) is 2.75. The molecule has 0 heterocycles. The molecule has 0 aromatic carbocycles. The molecule has 4 heteroatoms. The van der Waals surface area contributed by atoms with Crippen LogP contribution < -0.4 is 0 Å². The predicted octanol–water partition coefficient (Wildman–Crippen LogP) is 2.39. The zero-order valence-electron chi connectivity index (χ0n) is 11.7. The normalized spacial score (nSPS) is 6.75. The van der Waals surface area contributed by atoms with Crippen molar-refractivity contribution in [3.05, 3.63) is 6.42 Å². The molecule has 0 amide bonds. The molecular formula is C12H31O3Ti-. The number of hydrogen-bond acceptors (Lipinski definition) is 3. The Balaban J connectivity index is -0.0000000331. The van der Waals surface area contributed by atoms with E-state index in [2.05, 4.69) is 0 Å². The molecule has 0 saturated carbocycles. The summed E-state index contributed by atoms with van der Waals surface area (Å²) in [4.78, 5) is 0. The average molecular weight is 271 g/mol. The summed E-state index contributed by atoms with van der Waals surface area (Å²) in [5.74, 6) is 0. The van der Waals surface area contributed by atoms with Crippen molar-refractivity contribution < 1.29 is 37.0 Å². The Morgan fingerprint density at radius 2 is 0.750 bits per heavy atom. The zero-order chi connectivity index (χ0) is 12.9. The van der Waals surface area contributed by atoms with Gasteiger partial charge < -0.3 is 21.7 Å². The van der Waals surface area contributed by atoms with Gasteiger partial charge in [-0.1, -0.05) is 20.8 Å². The summed E-state index contributed by atoms with van der Waals surface area (Å²) in [5, 5.41) is 23.6. The van der Waals surface area contributed by atoms with Crippen molar-refractivity contribution in [1.29, 1.82) is 0 Å². The second kappa shape index (κ2) is 57.6. The van der Waals surface area contributed by atoms with Gasteiger partial charge in [0.2, 0.25) is 0 Å². The Bertz CT molecular complexity index is 40.0. The number of rotatable bonds is 3. The molecule has 0 aromatic heterocycles. The molecule has 0 aliphatic heterocycles. The van der Waals surface area contributed by atoms with Gasteiger partial charge in [-0.3, -0.25) is 0 Å². The van der Waals surface area contributed by atoms with Crippen molar-refractivity contribution >= 4 is 0 Å². The monoisotopic (exact) mass is 271 g/mol. The van der Waals surface area contributed by atoms with Crippen LogP contribution in [0.3, 0.4) is 0 Å². The Labute approximate surface area is 117 Å². The Hall–Kier alpha value is 0.594. The molecular weight excluding hydrogens is 240 g/mol. The van der Waals surface area contributed by atoms with Crippen LogP contribution in [0.1, 0.15) is 53.9 Å². The van der Waals surface area contributed by atoms with Crippen molar-refractivity contribution in [2.75, 3.05) is 19.8 Å². The first-order valence-electron chi connectivity index (χ1n) is 5.72. The van der Waals surface area contributed by atoms with Gasteiger partial charge in [-0.2, -0.15) is 13.8 Å². The summed E-state index contributed by atoms with van der Waals surface area (Å²) in [6, 6.07) is 0. The molecule has 0 bridgehead atoms. The van der Waals surface area contributed by atoms with E-state index in [0.717, 1.165) is 19.3 Å². The quantitative estimate of drug-likeness (QED) is 0.545. The molecule has 3 nitrogen and oxygen atoms in total. The predicted molar refractivity (Wildman–Crippen MR) is 67.8 cm³/mol. The van der Waals surface area contributed by atoms with Gasteiger partial charge in [0, 0.05) is 41.5 Å². The molecule has 0 unspecified atom stereocenters. The summed E-state index contributed by atoms with van der Waals surface area (Å²) >= 11 is 0. The molecule has 0 aromatic rings. The molecule has 0 atom stereocenters. The van der Waals surface area contributed by atoms with Crippen molar-refractivity contribution in [2.45, 2.75) is 53.9 Å². The molecule has 0 aliphatic rings. The summed E-state index contributed by atoms with van der Waals surface area (Å²) in [7, 11) is 0. The van der Waals surface area contributed by atoms with Crippen LogP contribution in [0.5, 0.6) is 0 Å². The van der Waals surface area contributed by atoms with Crippen LogP contribution in [-0.4, -0.2) is 35.1 Å². The van der Waals surface area contributed by atoms with Gasteiger partial charge in [-0.15, -0.1) is 0 Å². The van der Waals surface area contributed by atoms with Crippen LogP contribution in [-0.2, 0) is 21.7 Å². The summed E-state index contributed by atoms with van der Waals surface area (Å²) < 4.78 is 0. The molecule has 0 rings (SSSR count). The van der Waals surface area contributed by atoms with Gasteiger partial charge in [0.15, 0.2) is 0 Å². The minimum atomic E-state index is 0. The van der Waals surface area contributed by atoms with Crippen LogP contribution in [0.4, 0.5) is 0 Å². The van der Waals surface area contributed by atoms with Crippen LogP contribution in [0, 0.1) is 6.42 Å². The van der Waals surface area contributed by atoms with E-state index in [-0.39, 0.29) is 21.7 Å². The van der Waals surface area contributed by atoms with Crippen LogP contribution >= 0.6 is 0 Å². The summed E-state index contributed by atoms with van der Waals surface area (Å²) in [6.45, 7) is 10.8. The fraction of sp³-hybridized carbons (Fsp3) is 0.917. The molecule has 0 radical (unpaired) electrons. The number of hydrogen-bond donors (Lipinski definition) is 3. The molecule has 0 fully saturated rings. The van der Waals surface area contributed by atoms with E-state index in [4.69, 9.17) is 15.3 Å². The van der Waals surface area contributed by atoms with E-state index < -0.39 is 0 Å². The van der Waals surface area contributed by atoms with Crippen LogP contribution in [0.15, 0.2) is 0 Å². The van der Waals surface area contributed by atoms with E-state index >= 15 is 0 Å². The first-order valence-corrected chi connectivity index (χ1v) is 5.72. The maximum Gasteiger partial charge on any atom is 0.0428 e. The average Bonchev–Trinajstić information content (AvgIpc) is 2.30. The SMILES string of the molecule is CCCO.CCCO.CCCO.C[CH-]C.[Ti]. The van der Waals surface area contributed by atoms with Gasteiger partial charge in [0.05, 0.1) is 0 Å². The van der Waals surface area contributed by atoms with Gasteiger partial charge in [0.25, 0.3) is 0 Å².